The SMILES string of the molecule is CC(NC(=O)C1CCCN1C(=O)C(N)CO)C(=O)NC(CCCCN)C(=O)O. The lowest BCUT2D eigenvalue weighted by atomic mass is 10.1. The number of nitrogens with zero attached hydrogens (tertiary/aromatic N) is 1. The molecule has 4 unspecified atom stereocenters. The molecule has 0 aliphatic carbocycles. The van der Waals surface area contributed by atoms with Gasteiger partial charge in [0.25, 0.3) is 0 Å². The first-order valence-electron chi connectivity index (χ1n) is 9.43. The van der Waals surface area contributed by atoms with Crippen LogP contribution in [0.15, 0.2) is 0 Å². The summed E-state index contributed by atoms with van der Waals surface area (Å²) < 4.78 is 0. The highest BCUT2D eigenvalue weighted by atomic mass is 16.4. The van der Waals surface area contributed by atoms with Crippen LogP contribution in [0.4, 0.5) is 0 Å². The molecule has 0 bridgehead atoms. The molecular weight excluding hydrogens is 370 g/mol. The molecule has 8 N–H and O–H groups in total. The van der Waals surface area contributed by atoms with Crippen molar-refractivity contribution in [1.82, 2.24) is 15.5 Å². The number of aliphatic hydroxyl groups excluding tert-OH is 1. The molecule has 1 aliphatic heterocycles. The van der Waals surface area contributed by atoms with Gasteiger partial charge in [-0.3, -0.25) is 14.4 Å². The average molecular weight is 401 g/mol. The van der Waals surface area contributed by atoms with E-state index in [1.54, 1.807) is 0 Å². The van der Waals surface area contributed by atoms with Gasteiger partial charge in [-0.1, -0.05) is 0 Å². The van der Waals surface area contributed by atoms with Gasteiger partial charge < -0.3 is 37.2 Å². The fourth-order valence-corrected chi connectivity index (χ4v) is 3.02. The first-order valence-corrected chi connectivity index (χ1v) is 9.43. The molecule has 1 heterocycles. The van der Waals surface area contributed by atoms with Crippen LogP contribution in [0, 0.1) is 0 Å². The second-order valence-corrected chi connectivity index (χ2v) is 6.89. The van der Waals surface area contributed by atoms with Crippen LogP contribution in [-0.2, 0) is 19.2 Å². The molecule has 0 aromatic heterocycles. The van der Waals surface area contributed by atoms with E-state index in [2.05, 4.69) is 10.6 Å². The normalized spacial score (nSPS) is 19.6. The maximum absolute atomic E-state index is 12.5. The third-order valence-electron chi connectivity index (χ3n) is 4.67. The van der Waals surface area contributed by atoms with E-state index in [0.717, 1.165) is 0 Å². The third-order valence-corrected chi connectivity index (χ3v) is 4.67. The van der Waals surface area contributed by atoms with Crippen molar-refractivity contribution in [3.05, 3.63) is 0 Å². The first kappa shape index (κ1) is 23.8. The van der Waals surface area contributed by atoms with Crippen molar-refractivity contribution in [3.63, 3.8) is 0 Å². The Bertz CT molecular complexity index is 572. The number of hydrogen-bond donors (Lipinski definition) is 6. The Kier molecular flexibility index (Phi) is 9.83. The summed E-state index contributed by atoms with van der Waals surface area (Å²) in [6.45, 7) is 1.69. The number of nitrogens with two attached hydrogens (primary N) is 2. The minimum absolute atomic E-state index is 0.239. The molecule has 1 aliphatic rings. The number of carbonyl (C=O) groups excluding carboxylic acids is 3. The van der Waals surface area contributed by atoms with Crippen molar-refractivity contribution in [2.75, 3.05) is 19.7 Å². The number of aliphatic carboxylic acids is 1. The zero-order valence-corrected chi connectivity index (χ0v) is 16.1. The Labute approximate surface area is 163 Å². The van der Waals surface area contributed by atoms with Crippen LogP contribution in [-0.4, -0.2) is 82.7 Å². The van der Waals surface area contributed by atoms with Crippen LogP contribution in [0.5, 0.6) is 0 Å². The van der Waals surface area contributed by atoms with Crippen molar-refractivity contribution < 1.29 is 29.4 Å². The van der Waals surface area contributed by atoms with Crippen molar-refractivity contribution in [2.45, 2.75) is 63.2 Å². The highest BCUT2D eigenvalue weighted by molar-refractivity contribution is 5.94. The molecule has 0 aromatic carbocycles. The van der Waals surface area contributed by atoms with E-state index < -0.39 is 54.5 Å². The van der Waals surface area contributed by atoms with E-state index >= 15 is 0 Å². The van der Waals surface area contributed by atoms with Gasteiger partial charge in [0.15, 0.2) is 0 Å². The summed E-state index contributed by atoms with van der Waals surface area (Å²) in [4.78, 5) is 49.5. The minimum atomic E-state index is -1.16. The predicted octanol–water partition coefficient (Wildman–Crippen LogP) is -2.50. The number of carbonyl (C=O) groups is 4. The molecule has 0 aromatic rings. The van der Waals surface area contributed by atoms with Gasteiger partial charge in [0.1, 0.15) is 24.2 Å². The van der Waals surface area contributed by atoms with Gasteiger partial charge in [0.2, 0.25) is 17.7 Å². The van der Waals surface area contributed by atoms with Crippen molar-refractivity contribution in [1.29, 1.82) is 0 Å². The van der Waals surface area contributed by atoms with Crippen molar-refractivity contribution in [2.24, 2.45) is 11.5 Å². The molecule has 1 fully saturated rings. The lowest BCUT2D eigenvalue weighted by Gasteiger charge is -2.27. The summed E-state index contributed by atoms with van der Waals surface area (Å²) in [5.41, 5.74) is 10.9. The second kappa shape index (κ2) is 11.6. The van der Waals surface area contributed by atoms with E-state index in [0.29, 0.717) is 38.8 Å². The van der Waals surface area contributed by atoms with Gasteiger partial charge in [0, 0.05) is 6.54 Å². The Balaban J connectivity index is 2.63. The highest BCUT2D eigenvalue weighted by Crippen LogP contribution is 2.18. The first-order chi connectivity index (χ1) is 13.2. The lowest BCUT2D eigenvalue weighted by Crippen LogP contribution is -2.56. The van der Waals surface area contributed by atoms with Crippen LogP contribution < -0.4 is 22.1 Å². The summed E-state index contributed by atoms with van der Waals surface area (Å²) in [5, 5.41) is 23.2. The molecule has 0 radical (unpaired) electrons. The Hall–Kier alpha value is -2.24. The number of hydrogen-bond acceptors (Lipinski definition) is 7. The number of rotatable bonds is 11. The molecule has 4 atom stereocenters. The van der Waals surface area contributed by atoms with Crippen LogP contribution in [0.1, 0.15) is 39.0 Å². The summed E-state index contributed by atoms with van der Waals surface area (Å²) >= 11 is 0. The Morgan fingerprint density at radius 3 is 2.46 bits per heavy atom. The van der Waals surface area contributed by atoms with Crippen molar-refractivity contribution in [3.8, 4) is 0 Å². The number of carboxylic acid groups (broad SMARTS) is 1. The summed E-state index contributed by atoms with van der Waals surface area (Å²) in [6, 6.07) is -3.92. The van der Waals surface area contributed by atoms with E-state index in [-0.39, 0.29) is 6.42 Å². The molecule has 0 spiro atoms. The standard InChI is InChI=1S/C17H31N5O6/c1-10(14(24)21-12(17(27)28)5-2-3-7-18)20-15(25)13-6-4-8-22(13)16(26)11(19)9-23/h10-13,23H,2-9,18-19H2,1H3,(H,20,25)(H,21,24)(H,27,28). The number of carboxylic acids is 1. The highest BCUT2D eigenvalue weighted by Gasteiger charge is 2.37. The summed E-state index contributed by atoms with van der Waals surface area (Å²) in [6.07, 6.45) is 2.46. The fraction of sp³-hybridized carbons (Fsp3) is 0.765. The zero-order chi connectivity index (χ0) is 21.3. The van der Waals surface area contributed by atoms with Gasteiger partial charge in [-0.2, -0.15) is 0 Å². The quantitative estimate of drug-likeness (QED) is 0.205. The van der Waals surface area contributed by atoms with Crippen LogP contribution in [0.2, 0.25) is 0 Å². The van der Waals surface area contributed by atoms with Gasteiger partial charge in [-0.05, 0) is 45.6 Å². The maximum atomic E-state index is 12.5. The molecule has 28 heavy (non-hydrogen) atoms. The van der Waals surface area contributed by atoms with E-state index in [9.17, 15) is 24.3 Å². The molecule has 160 valence electrons. The number of unbranched alkanes of at least 4 members (excludes halogenated alkanes) is 1. The predicted molar refractivity (Wildman–Crippen MR) is 99.9 cm³/mol. The Morgan fingerprint density at radius 1 is 1.21 bits per heavy atom. The number of likely N-dealkylation sites (tertiary alicyclic amines) is 1. The molecule has 11 heteroatoms. The topological polar surface area (TPSA) is 188 Å². The molecule has 1 rings (SSSR count). The summed E-state index contributed by atoms with van der Waals surface area (Å²) in [7, 11) is 0. The molecule has 0 saturated carbocycles. The van der Waals surface area contributed by atoms with Gasteiger partial charge in [0.05, 0.1) is 6.61 Å². The fourth-order valence-electron chi connectivity index (χ4n) is 3.02. The maximum Gasteiger partial charge on any atom is 0.326 e. The van der Waals surface area contributed by atoms with Crippen LogP contribution in [0.3, 0.4) is 0 Å². The second-order valence-electron chi connectivity index (χ2n) is 6.89. The average Bonchev–Trinajstić information content (AvgIpc) is 3.15. The van der Waals surface area contributed by atoms with Crippen LogP contribution >= 0.6 is 0 Å². The molecule has 3 amide bonds. The summed E-state index contributed by atoms with van der Waals surface area (Å²) in [5.74, 6) is -2.83. The van der Waals surface area contributed by atoms with Gasteiger partial charge >= 0.3 is 5.97 Å². The van der Waals surface area contributed by atoms with E-state index in [1.165, 1.54) is 11.8 Å². The molecule has 1 saturated heterocycles. The smallest absolute Gasteiger partial charge is 0.326 e. The number of nitrogens with one attached hydrogen (secondary N) is 2. The zero-order valence-electron chi connectivity index (χ0n) is 16.1. The van der Waals surface area contributed by atoms with Gasteiger partial charge in [-0.25, -0.2) is 4.79 Å². The van der Waals surface area contributed by atoms with E-state index in [4.69, 9.17) is 16.6 Å². The van der Waals surface area contributed by atoms with E-state index in [1.807, 2.05) is 0 Å². The lowest BCUT2D eigenvalue weighted by molar-refractivity contribution is -0.143. The Morgan fingerprint density at radius 2 is 1.89 bits per heavy atom. The minimum Gasteiger partial charge on any atom is -0.480 e. The molecular formula is C17H31N5O6. The number of amides is 3. The third kappa shape index (κ3) is 6.73. The monoisotopic (exact) mass is 401 g/mol. The molecule has 11 nitrogen and oxygen atoms in total. The van der Waals surface area contributed by atoms with Gasteiger partial charge in [-0.15, -0.1) is 0 Å². The number of aliphatic hydroxyl groups is 1. The largest absolute Gasteiger partial charge is 0.480 e. The van der Waals surface area contributed by atoms with Crippen molar-refractivity contribution >= 4 is 23.7 Å². The van der Waals surface area contributed by atoms with Crippen LogP contribution in [0.25, 0.3) is 0 Å².